The van der Waals surface area contributed by atoms with Gasteiger partial charge in [-0.15, -0.1) is 0 Å². The van der Waals surface area contributed by atoms with E-state index in [0.717, 1.165) is 15.7 Å². The lowest BCUT2D eigenvalue weighted by atomic mass is 10.0. The van der Waals surface area contributed by atoms with Crippen molar-refractivity contribution in [1.29, 1.82) is 0 Å². The molecule has 4 N–H and O–H groups in total. The first-order valence-corrected chi connectivity index (χ1v) is 10.5. The summed E-state index contributed by atoms with van der Waals surface area (Å²) in [7, 11) is 1.83. The summed E-state index contributed by atoms with van der Waals surface area (Å²) in [6.07, 6.45) is 2.38. The Hall–Kier alpha value is -2.91. The van der Waals surface area contributed by atoms with Crippen molar-refractivity contribution in [3.8, 4) is 17.0 Å². The predicted molar refractivity (Wildman–Crippen MR) is 124 cm³/mol. The largest absolute Gasteiger partial charge is 0.487 e. The Morgan fingerprint density at radius 1 is 1.19 bits per heavy atom. The fourth-order valence-electron chi connectivity index (χ4n) is 3.12. The molecule has 0 aliphatic carbocycles. The van der Waals surface area contributed by atoms with Gasteiger partial charge in [0.1, 0.15) is 17.2 Å². The second kappa shape index (κ2) is 9.49. The van der Waals surface area contributed by atoms with Crippen LogP contribution in [0.5, 0.6) is 5.75 Å². The maximum absolute atomic E-state index is 13.1. The molecule has 7 nitrogen and oxygen atoms in total. The predicted octanol–water partition coefficient (Wildman–Crippen LogP) is 5.14. The Morgan fingerprint density at radius 2 is 1.84 bits per heavy atom. The Labute approximate surface area is 188 Å². The van der Waals surface area contributed by atoms with Crippen LogP contribution in [0, 0.1) is 5.82 Å². The summed E-state index contributed by atoms with van der Waals surface area (Å²) >= 11 is 3.53. The molecule has 9 heteroatoms. The molecule has 1 aromatic heterocycles. The SMILES string of the molecule is Cn1ncc(Br)c1-c1cc(NC(=O)Nc2ccc(F)cc2)ccc1OC(C)(C)CCN. The maximum Gasteiger partial charge on any atom is 0.323 e. The van der Waals surface area contributed by atoms with Crippen molar-refractivity contribution in [3.05, 3.63) is 59.0 Å². The Balaban J connectivity index is 1.89. The Bertz CT molecular complexity index is 1050. The average Bonchev–Trinajstić information content (AvgIpc) is 3.03. The van der Waals surface area contributed by atoms with Gasteiger partial charge in [-0.2, -0.15) is 5.10 Å². The van der Waals surface area contributed by atoms with E-state index >= 15 is 0 Å². The number of ether oxygens (including phenoxy) is 1. The molecule has 3 rings (SSSR count). The smallest absolute Gasteiger partial charge is 0.323 e. The molecule has 0 atom stereocenters. The number of amides is 2. The first-order valence-electron chi connectivity index (χ1n) is 9.73. The van der Waals surface area contributed by atoms with E-state index in [9.17, 15) is 9.18 Å². The van der Waals surface area contributed by atoms with Gasteiger partial charge in [0.25, 0.3) is 0 Å². The molecule has 0 aliphatic rings. The number of rotatable bonds is 7. The second-order valence-corrected chi connectivity index (χ2v) is 8.52. The topological polar surface area (TPSA) is 94.2 Å². The molecule has 1 heterocycles. The number of nitrogens with one attached hydrogen (secondary N) is 2. The first-order chi connectivity index (χ1) is 14.7. The molecular weight excluding hydrogens is 465 g/mol. The van der Waals surface area contributed by atoms with Gasteiger partial charge in [-0.25, -0.2) is 9.18 Å². The number of benzene rings is 2. The lowest BCUT2D eigenvalue weighted by Gasteiger charge is -2.27. The molecule has 2 amide bonds. The van der Waals surface area contributed by atoms with Gasteiger partial charge >= 0.3 is 6.03 Å². The van der Waals surface area contributed by atoms with E-state index in [-0.39, 0.29) is 5.82 Å². The van der Waals surface area contributed by atoms with E-state index in [0.29, 0.717) is 30.1 Å². The first kappa shape index (κ1) is 22.8. The minimum atomic E-state index is -0.469. The molecule has 0 spiro atoms. The number of nitrogens with two attached hydrogens (primary N) is 1. The number of aromatic nitrogens is 2. The van der Waals surface area contributed by atoms with Crippen LogP contribution in [0.3, 0.4) is 0 Å². The third-order valence-corrected chi connectivity index (χ3v) is 5.20. The van der Waals surface area contributed by atoms with Crippen LogP contribution in [0.4, 0.5) is 20.6 Å². The molecule has 2 aromatic carbocycles. The Morgan fingerprint density at radius 3 is 2.45 bits per heavy atom. The van der Waals surface area contributed by atoms with Gasteiger partial charge in [-0.1, -0.05) is 0 Å². The molecule has 0 aliphatic heterocycles. The third kappa shape index (κ3) is 5.83. The molecule has 0 radical (unpaired) electrons. The molecule has 0 saturated heterocycles. The van der Waals surface area contributed by atoms with Crippen molar-refractivity contribution in [2.75, 3.05) is 17.2 Å². The summed E-state index contributed by atoms with van der Waals surface area (Å²) in [6, 6.07) is 10.5. The number of aryl methyl sites for hydroxylation is 1. The molecule has 31 heavy (non-hydrogen) atoms. The highest BCUT2D eigenvalue weighted by Crippen LogP contribution is 2.38. The number of hydrogen-bond acceptors (Lipinski definition) is 4. The molecular formula is C22H25BrFN5O2. The van der Waals surface area contributed by atoms with Crippen LogP contribution < -0.4 is 21.1 Å². The van der Waals surface area contributed by atoms with Gasteiger partial charge < -0.3 is 21.1 Å². The quantitative estimate of drug-likeness (QED) is 0.428. The van der Waals surface area contributed by atoms with Crippen LogP contribution in [0.25, 0.3) is 11.3 Å². The van der Waals surface area contributed by atoms with E-state index in [1.165, 1.54) is 24.3 Å². The summed E-state index contributed by atoms with van der Waals surface area (Å²) in [5.74, 6) is 0.276. The van der Waals surface area contributed by atoms with E-state index in [4.69, 9.17) is 10.5 Å². The molecule has 0 fully saturated rings. The molecule has 0 bridgehead atoms. The zero-order chi connectivity index (χ0) is 22.6. The number of carbonyl (C=O) groups is 1. The number of halogens is 2. The van der Waals surface area contributed by atoms with E-state index in [2.05, 4.69) is 31.7 Å². The van der Waals surface area contributed by atoms with Gasteiger partial charge in [-0.3, -0.25) is 4.68 Å². The van der Waals surface area contributed by atoms with Crippen molar-refractivity contribution in [3.63, 3.8) is 0 Å². The van der Waals surface area contributed by atoms with Crippen LogP contribution in [-0.2, 0) is 7.05 Å². The summed E-state index contributed by atoms with van der Waals surface area (Å²) in [4.78, 5) is 12.4. The van der Waals surface area contributed by atoms with Crippen LogP contribution in [-0.4, -0.2) is 28.0 Å². The number of anilines is 2. The number of nitrogens with zero attached hydrogens (tertiary/aromatic N) is 2. The van der Waals surface area contributed by atoms with Crippen LogP contribution in [0.15, 0.2) is 53.1 Å². The van der Waals surface area contributed by atoms with Crippen molar-refractivity contribution in [2.24, 2.45) is 12.8 Å². The number of urea groups is 1. The van der Waals surface area contributed by atoms with Crippen LogP contribution in [0.1, 0.15) is 20.3 Å². The van der Waals surface area contributed by atoms with Gasteiger partial charge in [0.2, 0.25) is 0 Å². The minimum Gasteiger partial charge on any atom is -0.487 e. The summed E-state index contributed by atoms with van der Waals surface area (Å²) < 4.78 is 21.9. The summed E-state index contributed by atoms with van der Waals surface area (Å²) in [6.45, 7) is 4.45. The molecule has 0 saturated carbocycles. The van der Waals surface area contributed by atoms with Gasteiger partial charge in [0, 0.05) is 24.0 Å². The van der Waals surface area contributed by atoms with Gasteiger partial charge in [0.05, 0.1) is 16.4 Å². The maximum atomic E-state index is 13.1. The number of hydrogen-bond donors (Lipinski definition) is 3. The zero-order valence-corrected chi connectivity index (χ0v) is 19.2. The van der Waals surface area contributed by atoms with Crippen molar-refractivity contribution in [1.82, 2.24) is 9.78 Å². The summed E-state index contributed by atoms with van der Waals surface area (Å²) in [5, 5.41) is 9.76. The highest BCUT2D eigenvalue weighted by atomic mass is 79.9. The van der Waals surface area contributed by atoms with Crippen molar-refractivity contribution < 1.29 is 13.9 Å². The van der Waals surface area contributed by atoms with E-state index in [1.807, 2.05) is 27.0 Å². The van der Waals surface area contributed by atoms with Crippen LogP contribution in [0.2, 0.25) is 0 Å². The van der Waals surface area contributed by atoms with Gasteiger partial charge in [-0.05, 0) is 85.2 Å². The van der Waals surface area contributed by atoms with E-state index < -0.39 is 11.6 Å². The Kier molecular flexibility index (Phi) is 6.97. The minimum absolute atomic E-state index is 0.370. The average molecular weight is 490 g/mol. The van der Waals surface area contributed by atoms with Crippen molar-refractivity contribution in [2.45, 2.75) is 25.9 Å². The number of carbonyl (C=O) groups excluding carboxylic acids is 1. The molecule has 164 valence electrons. The normalized spacial score (nSPS) is 11.3. The zero-order valence-electron chi connectivity index (χ0n) is 17.6. The highest BCUT2D eigenvalue weighted by Gasteiger charge is 2.23. The fraction of sp³-hybridized carbons (Fsp3) is 0.273. The summed E-state index contributed by atoms with van der Waals surface area (Å²) in [5.41, 5.74) is 7.87. The van der Waals surface area contributed by atoms with Crippen molar-refractivity contribution >= 4 is 33.3 Å². The van der Waals surface area contributed by atoms with Crippen LogP contribution >= 0.6 is 15.9 Å². The molecule has 0 unspecified atom stereocenters. The van der Waals surface area contributed by atoms with Gasteiger partial charge in [0.15, 0.2) is 0 Å². The monoisotopic (exact) mass is 489 g/mol. The lowest BCUT2D eigenvalue weighted by Crippen LogP contribution is -2.31. The standard InChI is InChI=1S/C22H25BrFN5O2/c1-22(2,10-11-25)31-19-9-8-16(12-17(19)20-18(23)13-26-29(20)3)28-21(30)27-15-6-4-14(24)5-7-15/h4-9,12-13H,10-11,25H2,1-3H3,(H2,27,28,30). The highest BCUT2D eigenvalue weighted by molar-refractivity contribution is 9.10. The third-order valence-electron chi connectivity index (χ3n) is 4.62. The fourth-order valence-corrected chi connectivity index (χ4v) is 3.68. The molecule has 3 aromatic rings. The van der Waals surface area contributed by atoms with E-state index in [1.54, 1.807) is 23.0 Å². The second-order valence-electron chi connectivity index (χ2n) is 7.66. The lowest BCUT2D eigenvalue weighted by molar-refractivity contribution is 0.103.